The van der Waals surface area contributed by atoms with Crippen molar-refractivity contribution < 1.29 is 9.53 Å². The van der Waals surface area contributed by atoms with Crippen LogP contribution in [0.15, 0.2) is 6.33 Å². The lowest BCUT2D eigenvalue weighted by atomic mass is 10.3. The minimum Gasteiger partial charge on any atom is -0.479 e. The minimum atomic E-state index is 0.0597. The number of likely N-dealkylation sites (N-methyl/N-ethyl adjacent to an activating group) is 1. The molecule has 1 aliphatic heterocycles. The average Bonchev–Trinajstić information content (AvgIpc) is 2.52. The maximum atomic E-state index is 11.8. The summed E-state index contributed by atoms with van der Waals surface area (Å²) in [5.41, 5.74) is 6.31. The lowest BCUT2D eigenvalue weighted by molar-refractivity contribution is -0.127. The molecule has 1 amide bonds. The molecule has 1 aromatic heterocycles. The maximum absolute atomic E-state index is 11.8. The maximum Gasteiger partial charge on any atom is 0.242 e. The number of amides is 1. The van der Waals surface area contributed by atoms with Gasteiger partial charge >= 0.3 is 0 Å². The number of hydrogen-bond donors (Lipinski definition) is 1. The topological polar surface area (TPSA) is 84.6 Å². The molecule has 7 heteroatoms. The molecule has 1 saturated heterocycles. The second kappa shape index (κ2) is 5.07. The van der Waals surface area contributed by atoms with E-state index in [1.54, 1.807) is 11.9 Å². The first-order valence-electron chi connectivity index (χ1n) is 5.77. The number of nitrogens with zero attached hydrogens (tertiary/aromatic N) is 4. The number of rotatable bonds is 2. The second-order valence-corrected chi connectivity index (χ2v) is 4.21. The number of hydrogen-bond acceptors (Lipinski definition) is 6. The van der Waals surface area contributed by atoms with Gasteiger partial charge in [0.05, 0.1) is 13.7 Å². The zero-order chi connectivity index (χ0) is 13.1. The van der Waals surface area contributed by atoms with E-state index in [0.29, 0.717) is 17.4 Å². The van der Waals surface area contributed by atoms with Gasteiger partial charge in [-0.1, -0.05) is 0 Å². The van der Waals surface area contributed by atoms with Crippen LogP contribution in [0.3, 0.4) is 0 Å². The summed E-state index contributed by atoms with van der Waals surface area (Å²) in [4.78, 5) is 23.5. The summed E-state index contributed by atoms with van der Waals surface area (Å²) < 4.78 is 5.06. The Hall–Kier alpha value is -2.05. The molecule has 2 N–H and O–H groups in total. The Morgan fingerprint density at radius 2 is 2.17 bits per heavy atom. The Balaban J connectivity index is 2.28. The predicted molar refractivity (Wildman–Crippen MR) is 67.5 cm³/mol. The summed E-state index contributed by atoms with van der Waals surface area (Å²) >= 11 is 0. The lowest BCUT2D eigenvalue weighted by Crippen LogP contribution is -2.35. The fourth-order valence-corrected chi connectivity index (χ4v) is 1.95. The largest absolute Gasteiger partial charge is 0.479 e. The van der Waals surface area contributed by atoms with Gasteiger partial charge < -0.3 is 20.3 Å². The van der Waals surface area contributed by atoms with Crippen molar-refractivity contribution in [3.05, 3.63) is 6.33 Å². The van der Waals surface area contributed by atoms with E-state index in [2.05, 4.69) is 9.97 Å². The Kier molecular flexibility index (Phi) is 3.50. The van der Waals surface area contributed by atoms with E-state index < -0.39 is 0 Å². The van der Waals surface area contributed by atoms with Crippen LogP contribution in [-0.2, 0) is 4.79 Å². The van der Waals surface area contributed by atoms with Crippen LogP contribution in [0.5, 0.6) is 5.88 Å². The summed E-state index contributed by atoms with van der Waals surface area (Å²) in [6.07, 6.45) is 2.28. The molecule has 0 spiro atoms. The number of anilines is 2. The quantitative estimate of drug-likeness (QED) is 0.779. The molecule has 1 fully saturated rings. The molecular weight excluding hydrogens is 234 g/mol. The Bertz CT molecular complexity index is 451. The summed E-state index contributed by atoms with van der Waals surface area (Å²) in [7, 11) is 3.31. The molecule has 0 unspecified atom stereocenters. The summed E-state index contributed by atoms with van der Waals surface area (Å²) in [6, 6.07) is 0. The van der Waals surface area contributed by atoms with Crippen LogP contribution in [0.25, 0.3) is 0 Å². The molecular formula is C11H17N5O2. The minimum absolute atomic E-state index is 0.0597. The summed E-state index contributed by atoms with van der Waals surface area (Å²) in [5.74, 6) is 0.958. The third-order valence-electron chi connectivity index (χ3n) is 2.99. The van der Waals surface area contributed by atoms with E-state index in [1.807, 2.05) is 4.90 Å². The molecule has 1 aromatic rings. The summed E-state index contributed by atoms with van der Waals surface area (Å²) in [5, 5.41) is 0. The first-order valence-corrected chi connectivity index (χ1v) is 5.77. The Morgan fingerprint density at radius 3 is 2.89 bits per heavy atom. The molecule has 2 heterocycles. The number of aromatic nitrogens is 2. The van der Waals surface area contributed by atoms with Gasteiger partial charge in [0.15, 0.2) is 5.82 Å². The highest BCUT2D eigenvalue weighted by Crippen LogP contribution is 2.28. The van der Waals surface area contributed by atoms with Gasteiger partial charge in [0.25, 0.3) is 0 Å². The fourth-order valence-electron chi connectivity index (χ4n) is 1.95. The lowest BCUT2D eigenvalue weighted by Gasteiger charge is -2.22. The van der Waals surface area contributed by atoms with Crippen molar-refractivity contribution in [1.29, 1.82) is 0 Å². The van der Waals surface area contributed by atoms with E-state index in [9.17, 15) is 4.79 Å². The van der Waals surface area contributed by atoms with E-state index in [-0.39, 0.29) is 12.5 Å². The number of carbonyl (C=O) groups is 1. The van der Waals surface area contributed by atoms with E-state index in [0.717, 1.165) is 19.5 Å². The van der Waals surface area contributed by atoms with Crippen LogP contribution < -0.4 is 15.4 Å². The number of nitrogen functional groups attached to an aromatic ring is 1. The first kappa shape index (κ1) is 12.4. The van der Waals surface area contributed by atoms with Crippen molar-refractivity contribution in [2.24, 2.45) is 0 Å². The SMILES string of the molecule is COc1ncnc(N2CCCN(C)C(=O)C2)c1N. The van der Waals surface area contributed by atoms with Crippen LogP contribution in [0.2, 0.25) is 0 Å². The highest BCUT2D eigenvalue weighted by molar-refractivity contribution is 5.83. The zero-order valence-electron chi connectivity index (χ0n) is 10.6. The van der Waals surface area contributed by atoms with Gasteiger partial charge in [-0.2, -0.15) is 4.98 Å². The second-order valence-electron chi connectivity index (χ2n) is 4.21. The van der Waals surface area contributed by atoms with E-state index >= 15 is 0 Å². The van der Waals surface area contributed by atoms with Gasteiger partial charge in [0.1, 0.15) is 12.0 Å². The predicted octanol–water partition coefficient (Wildman–Crippen LogP) is -0.264. The number of nitrogens with two attached hydrogens (primary N) is 1. The van der Waals surface area contributed by atoms with Crippen molar-refractivity contribution in [2.75, 3.05) is 44.4 Å². The molecule has 7 nitrogen and oxygen atoms in total. The van der Waals surface area contributed by atoms with Crippen molar-refractivity contribution in [1.82, 2.24) is 14.9 Å². The molecule has 2 rings (SSSR count). The highest BCUT2D eigenvalue weighted by Gasteiger charge is 2.22. The normalized spacial score (nSPS) is 16.7. The molecule has 18 heavy (non-hydrogen) atoms. The Morgan fingerprint density at radius 1 is 1.39 bits per heavy atom. The van der Waals surface area contributed by atoms with Gasteiger partial charge in [0, 0.05) is 20.1 Å². The van der Waals surface area contributed by atoms with Gasteiger partial charge in [-0.05, 0) is 6.42 Å². The number of carbonyl (C=O) groups excluding carboxylic acids is 1. The summed E-state index contributed by atoms with van der Waals surface area (Å²) in [6.45, 7) is 1.76. The average molecular weight is 251 g/mol. The van der Waals surface area contributed by atoms with Gasteiger partial charge in [-0.3, -0.25) is 4.79 Å². The molecule has 0 saturated carbocycles. The van der Waals surface area contributed by atoms with Crippen LogP contribution in [0.1, 0.15) is 6.42 Å². The molecule has 1 aliphatic rings. The van der Waals surface area contributed by atoms with E-state index in [1.165, 1.54) is 13.4 Å². The molecule has 0 radical (unpaired) electrons. The number of ether oxygens (including phenoxy) is 1. The van der Waals surface area contributed by atoms with Crippen molar-refractivity contribution in [2.45, 2.75) is 6.42 Å². The molecule has 0 aromatic carbocycles. The Labute approximate surface area is 106 Å². The van der Waals surface area contributed by atoms with Gasteiger partial charge in [0.2, 0.25) is 11.8 Å². The molecule has 0 bridgehead atoms. The zero-order valence-corrected chi connectivity index (χ0v) is 10.6. The van der Waals surface area contributed by atoms with E-state index in [4.69, 9.17) is 10.5 Å². The van der Waals surface area contributed by atoms with Gasteiger partial charge in [-0.25, -0.2) is 4.98 Å². The fraction of sp³-hybridized carbons (Fsp3) is 0.545. The van der Waals surface area contributed by atoms with Crippen LogP contribution >= 0.6 is 0 Å². The monoisotopic (exact) mass is 251 g/mol. The molecule has 0 atom stereocenters. The standard InChI is InChI=1S/C11H17N5O2/c1-15-4-3-5-16(6-8(15)17)10-9(12)11(18-2)14-7-13-10/h7H,3-6,12H2,1-2H3. The van der Waals surface area contributed by atoms with Crippen molar-refractivity contribution >= 4 is 17.4 Å². The first-order chi connectivity index (χ1) is 8.63. The van der Waals surface area contributed by atoms with Crippen LogP contribution in [-0.4, -0.2) is 54.6 Å². The highest BCUT2D eigenvalue weighted by atomic mass is 16.5. The molecule has 98 valence electrons. The molecule has 0 aliphatic carbocycles. The third kappa shape index (κ3) is 2.29. The smallest absolute Gasteiger partial charge is 0.242 e. The van der Waals surface area contributed by atoms with Gasteiger partial charge in [-0.15, -0.1) is 0 Å². The van der Waals surface area contributed by atoms with Crippen LogP contribution in [0, 0.1) is 0 Å². The number of methoxy groups -OCH3 is 1. The van der Waals surface area contributed by atoms with Crippen molar-refractivity contribution in [3.63, 3.8) is 0 Å². The van der Waals surface area contributed by atoms with Crippen molar-refractivity contribution in [3.8, 4) is 5.88 Å². The third-order valence-corrected chi connectivity index (χ3v) is 2.99. The van der Waals surface area contributed by atoms with Crippen LogP contribution in [0.4, 0.5) is 11.5 Å².